The van der Waals surface area contributed by atoms with Crippen molar-refractivity contribution < 1.29 is 40.1 Å². The van der Waals surface area contributed by atoms with Crippen LogP contribution in [0, 0.1) is 0 Å². The predicted octanol–water partition coefficient (Wildman–Crippen LogP) is -1.07. The first kappa shape index (κ1) is 8.89. The second-order valence-corrected chi connectivity index (χ2v) is 15.5. The molecule has 0 aromatic rings. The van der Waals surface area contributed by atoms with Gasteiger partial charge in [-0.2, -0.15) is 0 Å². The van der Waals surface area contributed by atoms with Crippen LogP contribution in [0.1, 0.15) is 0 Å². The summed E-state index contributed by atoms with van der Waals surface area (Å²) >= 11 is 0. The average Bonchev–Trinajstić information content (AvgIpc) is 0.469. The quantitative estimate of drug-likeness (QED) is 0.536. The Balaban J connectivity index is 13.1. The van der Waals surface area contributed by atoms with Gasteiger partial charge in [-0.05, 0) is 0 Å². The molecule has 0 aliphatic heterocycles. The summed E-state index contributed by atoms with van der Waals surface area (Å²) in [5, 5.41) is 0. The van der Waals surface area contributed by atoms with E-state index in [4.69, 9.17) is 30.6 Å². The SMILES string of the molecule is [O]=[Pt](=[O])(=[O])(=[O])(=[O])(=[O])(=[O])(=[O])=[O]. The number of rotatable bonds is 0. The molecule has 0 rings (SSSR count). The number of hydrogen-bond donors (Lipinski definition) is 0. The van der Waals surface area contributed by atoms with E-state index in [1.165, 1.54) is 0 Å². The first-order chi connectivity index (χ1) is 3.00. The van der Waals surface area contributed by atoms with Crippen molar-refractivity contribution in [3.8, 4) is 0 Å². The Morgan fingerprint density at radius 3 is 0.400 bits per heavy atom. The molecular weight excluding hydrogens is 339 g/mol. The molecule has 0 bridgehead atoms. The normalized spacial score (nSPS) is 34.2. The van der Waals surface area contributed by atoms with Gasteiger partial charge >= 0.3 is 40.1 Å². The van der Waals surface area contributed by atoms with Gasteiger partial charge < -0.3 is 0 Å². The molecule has 0 saturated heterocycles. The average molecular weight is 339 g/mol. The Morgan fingerprint density at radius 2 is 0.400 bits per heavy atom. The summed E-state index contributed by atoms with van der Waals surface area (Å²) in [5.74, 6) is 0. The van der Waals surface area contributed by atoms with Gasteiger partial charge in [0, 0.05) is 0 Å². The van der Waals surface area contributed by atoms with Crippen LogP contribution in [-0.4, -0.2) is 0 Å². The van der Waals surface area contributed by atoms with E-state index < -0.39 is 9.47 Å². The van der Waals surface area contributed by atoms with Gasteiger partial charge in [-0.25, -0.2) is 0 Å². The van der Waals surface area contributed by atoms with Crippen LogP contribution in [-0.2, 0) is 40.1 Å². The fourth-order valence-corrected chi connectivity index (χ4v) is 0. The summed E-state index contributed by atoms with van der Waals surface area (Å²) in [6, 6.07) is 0. The molecule has 0 fully saturated rings. The predicted molar refractivity (Wildman–Crippen MR) is 6.18 cm³/mol. The summed E-state index contributed by atoms with van der Waals surface area (Å²) in [4.78, 5) is 0. The van der Waals surface area contributed by atoms with E-state index in [9.17, 15) is 0 Å². The van der Waals surface area contributed by atoms with Crippen molar-refractivity contribution in [2.75, 3.05) is 0 Å². The van der Waals surface area contributed by atoms with Crippen LogP contribution < -0.4 is 0 Å². The van der Waals surface area contributed by atoms with Crippen LogP contribution in [0.3, 0.4) is 0 Å². The second kappa shape index (κ2) is 0.308. The summed E-state index contributed by atoms with van der Waals surface area (Å²) in [5.41, 5.74) is 0. The molecule has 0 unspecified atom stereocenters. The molecule has 0 atom stereocenters. The van der Waals surface area contributed by atoms with Crippen LogP contribution in [0.4, 0.5) is 0 Å². The van der Waals surface area contributed by atoms with E-state index >= 15 is 0 Å². The van der Waals surface area contributed by atoms with Gasteiger partial charge in [0.2, 0.25) is 0 Å². The summed E-state index contributed by atoms with van der Waals surface area (Å²) < 4.78 is 78.2. The van der Waals surface area contributed by atoms with Crippen molar-refractivity contribution in [1.29, 1.82) is 0 Å². The molecule has 9 nitrogen and oxygen atoms in total. The molecule has 0 aromatic carbocycles. The third-order valence-electron chi connectivity index (χ3n) is 0. The van der Waals surface area contributed by atoms with Gasteiger partial charge in [0.05, 0.1) is 0 Å². The molecule has 0 aromatic heterocycles. The molecule has 0 aliphatic rings. The van der Waals surface area contributed by atoms with Gasteiger partial charge in [-0.15, -0.1) is 0 Å². The molecule has 0 heterocycles. The Labute approximate surface area is 40.8 Å². The molecule has 10 heteroatoms. The first-order valence-electron chi connectivity index (χ1n) is 1.16. The Hall–Kier alpha value is -1.11. The first-order valence-corrected chi connectivity index (χ1v) is 9.51. The Kier molecular flexibility index (Phi) is 0.273. The van der Waals surface area contributed by atoms with E-state index in [0.717, 1.165) is 0 Å². The van der Waals surface area contributed by atoms with E-state index in [1.54, 1.807) is 0 Å². The molecule has 10 heavy (non-hydrogen) atoms. The van der Waals surface area contributed by atoms with E-state index in [2.05, 4.69) is 0 Å². The third-order valence-corrected chi connectivity index (χ3v) is 0. The van der Waals surface area contributed by atoms with Crippen molar-refractivity contribution in [3.63, 3.8) is 0 Å². The van der Waals surface area contributed by atoms with Gasteiger partial charge in [-0.3, -0.25) is 0 Å². The molecule has 0 radical (unpaired) electrons. The minimum absolute atomic E-state index is 8.69. The summed E-state index contributed by atoms with van der Waals surface area (Å²) in [6.45, 7) is 0. The van der Waals surface area contributed by atoms with Gasteiger partial charge in [-0.1, -0.05) is 0 Å². The zero-order chi connectivity index (χ0) is 9.33. The van der Waals surface area contributed by atoms with Gasteiger partial charge in [0.15, 0.2) is 0 Å². The summed E-state index contributed by atoms with van der Waals surface area (Å²) in [7, 11) is -15.0. The van der Waals surface area contributed by atoms with Crippen molar-refractivity contribution in [2.24, 2.45) is 0 Å². The molecule has 0 spiro atoms. The van der Waals surface area contributed by atoms with Crippen molar-refractivity contribution in [1.82, 2.24) is 0 Å². The Bertz CT molecular complexity index is 1160. The second-order valence-electron chi connectivity index (χ2n) is 1.90. The number of hydrogen-bond acceptors (Lipinski definition) is 9. The molecule has 0 saturated carbocycles. The third kappa shape index (κ3) is 193. The van der Waals surface area contributed by atoms with E-state index in [-0.39, 0.29) is 0 Å². The summed E-state index contributed by atoms with van der Waals surface area (Å²) in [6.07, 6.45) is 0. The molecule has 64 valence electrons. The zero-order valence-corrected chi connectivity index (χ0v) is 6.26. The standard InChI is InChI=1S/9O.Pt. The van der Waals surface area contributed by atoms with Crippen molar-refractivity contribution in [2.45, 2.75) is 0 Å². The maximum atomic E-state index is 8.69. The van der Waals surface area contributed by atoms with E-state index in [1.807, 2.05) is 0 Å². The Morgan fingerprint density at radius 1 is 0.400 bits per heavy atom. The fourth-order valence-electron chi connectivity index (χ4n) is 0. The van der Waals surface area contributed by atoms with Crippen LogP contribution >= 0.6 is 0 Å². The molecule has 0 amide bonds. The van der Waals surface area contributed by atoms with Gasteiger partial charge in [0.1, 0.15) is 0 Å². The van der Waals surface area contributed by atoms with E-state index in [0.29, 0.717) is 0 Å². The van der Waals surface area contributed by atoms with Crippen LogP contribution in [0.2, 0.25) is 0 Å². The van der Waals surface area contributed by atoms with Crippen molar-refractivity contribution >= 4 is 0 Å². The van der Waals surface area contributed by atoms with Crippen LogP contribution in [0.15, 0.2) is 0 Å². The topological polar surface area (TPSA) is 154 Å². The molecular formula is O9Pt. The monoisotopic (exact) mass is 339 g/mol. The fraction of sp³-hybridized carbons (Fsp3) is 0. The van der Waals surface area contributed by atoms with Crippen LogP contribution in [0.5, 0.6) is 0 Å². The maximum absolute atomic E-state index is 15.0. The minimum atomic E-state index is -15.0. The molecule has 0 aliphatic carbocycles. The van der Waals surface area contributed by atoms with Gasteiger partial charge in [0.25, 0.3) is 0 Å². The zero-order valence-electron chi connectivity index (χ0n) is 3.99. The van der Waals surface area contributed by atoms with Crippen molar-refractivity contribution in [3.05, 3.63) is 0 Å². The van der Waals surface area contributed by atoms with Crippen LogP contribution in [0.25, 0.3) is 0 Å². The molecule has 0 N–H and O–H groups in total.